The van der Waals surface area contributed by atoms with Gasteiger partial charge in [-0.3, -0.25) is 0 Å². The minimum Gasteiger partial charge on any atom is -0.393 e. The van der Waals surface area contributed by atoms with Crippen molar-refractivity contribution in [3.63, 3.8) is 0 Å². The highest BCUT2D eigenvalue weighted by Crippen LogP contribution is 2.20. The quantitative estimate of drug-likeness (QED) is 0.715. The maximum absolute atomic E-state index is 11.7. The molecule has 1 N–H and O–H groups in total. The van der Waals surface area contributed by atoms with Gasteiger partial charge >= 0.3 is 6.03 Å². The number of rotatable bonds is 2. The van der Waals surface area contributed by atoms with Crippen LogP contribution in [0.25, 0.3) is 0 Å². The molecule has 2 atom stereocenters. The highest BCUT2D eigenvalue weighted by atomic mass is 16.3. The van der Waals surface area contributed by atoms with Gasteiger partial charge in [0.2, 0.25) is 0 Å². The Morgan fingerprint density at radius 1 is 1.71 bits per heavy atom. The monoisotopic (exact) mass is 200 g/mol. The zero-order valence-electron chi connectivity index (χ0n) is 9.23. The van der Waals surface area contributed by atoms with E-state index in [0.717, 1.165) is 19.5 Å². The van der Waals surface area contributed by atoms with Gasteiger partial charge < -0.3 is 14.9 Å². The summed E-state index contributed by atoms with van der Waals surface area (Å²) in [6, 6.07) is 0.0793. The molecule has 1 saturated heterocycles. The van der Waals surface area contributed by atoms with Crippen LogP contribution in [0.5, 0.6) is 0 Å². The van der Waals surface area contributed by atoms with Gasteiger partial charge in [-0.25, -0.2) is 4.79 Å². The Hall–Kier alpha value is -0.770. The first-order valence-corrected chi connectivity index (χ1v) is 5.24. The van der Waals surface area contributed by atoms with Crippen LogP contribution in [-0.2, 0) is 0 Å². The second kappa shape index (κ2) is 4.64. The van der Waals surface area contributed by atoms with Gasteiger partial charge in [-0.2, -0.15) is 0 Å². The predicted octanol–water partition coefficient (Wildman–Crippen LogP) is 0.761. The molecule has 0 bridgehead atoms. The van der Waals surface area contributed by atoms with Crippen molar-refractivity contribution in [2.24, 2.45) is 5.92 Å². The van der Waals surface area contributed by atoms with E-state index in [-0.39, 0.29) is 18.1 Å². The van der Waals surface area contributed by atoms with E-state index in [1.54, 1.807) is 18.9 Å². The lowest BCUT2D eigenvalue weighted by atomic mass is 10.0. The number of urea groups is 1. The van der Waals surface area contributed by atoms with Crippen LogP contribution in [0, 0.1) is 5.92 Å². The molecule has 2 amide bonds. The van der Waals surface area contributed by atoms with Gasteiger partial charge in [-0.15, -0.1) is 0 Å². The summed E-state index contributed by atoms with van der Waals surface area (Å²) in [6.45, 7) is 5.95. The molecule has 0 spiro atoms. The Kier molecular flexibility index (Phi) is 3.75. The molecule has 1 aliphatic rings. The van der Waals surface area contributed by atoms with Crippen molar-refractivity contribution >= 4 is 6.03 Å². The predicted molar refractivity (Wildman–Crippen MR) is 55.1 cm³/mol. The fourth-order valence-electron chi connectivity index (χ4n) is 1.73. The van der Waals surface area contributed by atoms with Gasteiger partial charge in [-0.1, -0.05) is 0 Å². The minimum atomic E-state index is -0.306. The zero-order chi connectivity index (χ0) is 10.7. The number of aliphatic hydroxyl groups is 1. The van der Waals surface area contributed by atoms with E-state index in [2.05, 4.69) is 0 Å². The maximum atomic E-state index is 11.7. The fraction of sp³-hybridized carbons (Fsp3) is 0.900. The Morgan fingerprint density at radius 2 is 2.36 bits per heavy atom. The Balaban J connectivity index is 2.45. The van der Waals surface area contributed by atoms with E-state index in [0.29, 0.717) is 6.54 Å². The Labute approximate surface area is 85.5 Å². The molecule has 0 aromatic rings. The zero-order valence-corrected chi connectivity index (χ0v) is 9.23. The average Bonchev–Trinajstić information content (AvgIpc) is 2.64. The maximum Gasteiger partial charge on any atom is 0.319 e. The normalized spacial score (nSPS) is 23.7. The van der Waals surface area contributed by atoms with Crippen molar-refractivity contribution in [1.29, 1.82) is 0 Å². The van der Waals surface area contributed by atoms with Crippen LogP contribution in [0.1, 0.15) is 20.3 Å². The molecule has 1 rings (SSSR count). The average molecular weight is 200 g/mol. The van der Waals surface area contributed by atoms with Crippen molar-refractivity contribution in [2.45, 2.75) is 26.4 Å². The molecule has 0 saturated carbocycles. The molecule has 14 heavy (non-hydrogen) atoms. The summed E-state index contributed by atoms with van der Waals surface area (Å²) in [7, 11) is 1.80. The number of amides is 2. The van der Waals surface area contributed by atoms with E-state index in [1.165, 1.54) is 0 Å². The summed E-state index contributed by atoms with van der Waals surface area (Å²) in [4.78, 5) is 15.2. The third kappa shape index (κ3) is 2.38. The topological polar surface area (TPSA) is 43.8 Å². The highest BCUT2D eigenvalue weighted by Gasteiger charge is 2.29. The largest absolute Gasteiger partial charge is 0.393 e. The molecule has 1 aliphatic heterocycles. The number of carbonyl (C=O) groups is 1. The number of aliphatic hydroxyl groups excluding tert-OH is 1. The first-order chi connectivity index (χ1) is 6.56. The van der Waals surface area contributed by atoms with E-state index < -0.39 is 0 Å². The van der Waals surface area contributed by atoms with E-state index >= 15 is 0 Å². The lowest BCUT2D eigenvalue weighted by Crippen LogP contribution is -2.40. The van der Waals surface area contributed by atoms with Crippen molar-refractivity contribution in [1.82, 2.24) is 9.80 Å². The highest BCUT2D eigenvalue weighted by molar-refractivity contribution is 5.74. The van der Waals surface area contributed by atoms with Crippen molar-refractivity contribution in [2.75, 3.05) is 26.7 Å². The lowest BCUT2D eigenvalue weighted by Gasteiger charge is -2.23. The number of hydrogen-bond donors (Lipinski definition) is 1. The summed E-state index contributed by atoms with van der Waals surface area (Å²) >= 11 is 0. The molecule has 0 aliphatic carbocycles. The van der Waals surface area contributed by atoms with Gasteiger partial charge in [0.1, 0.15) is 0 Å². The van der Waals surface area contributed by atoms with Gasteiger partial charge in [-0.05, 0) is 20.3 Å². The minimum absolute atomic E-state index is 0.0793. The van der Waals surface area contributed by atoms with Crippen LogP contribution in [0.2, 0.25) is 0 Å². The summed E-state index contributed by atoms with van der Waals surface area (Å²) in [6.07, 6.45) is 0.612. The Morgan fingerprint density at radius 3 is 2.79 bits per heavy atom. The molecule has 82 valence electrons. The summed E-state index contributed by atoms with van der Waals surface area (Å²) in [5.74, 6) is 0.254. The van der Waals surface area contributed by atoms with E-state index in [1.807, 2.05) is 11.8 Å². The van der Waals surface area contributed by atoms with Crippen molar-refractivity contribution < 1.29 is 9.90 Å². The SMILES string of the molecule is CCN(C)C(=O)N1CCC(C(C)O)C1. The molecule has 2 unspecified atom stereocenters. The van der Waals surface area contributed by atoms with E-state index in [4.69, 9.17) is 0 Å². The Bertz CT molecular complexity index is 206. The van der Waals surface area contributed by atoms with E-state index in [9.17, 15) is 9.90 Å². The molecular formula is C10H20N2O2. The standard InChI is InChI=1S/C10H20N2O2/c1-4-11(3)10(14)12-6-5-9(7-12)8(2)13/h8-9,13H,4-7H2,1-3H3. The molecule has 1 fully saturated rings. The summed E-state index contributed by atoms with van der Waals surface area (Å²) < 4.78 is 0. The molecule has 0 aromatic heterocycles. The number of carbonyl (C=O) groups excluding carboxylic acids is 1. The van der Waals surface area contributed by atoms with Crippen LogP contribution in [0.3, 0.4) is 0 Å². The van der Waals surface area contributed by atoms with Gasteiger partial charge in [0.05, 0.1) is 6.10 Å². The van der Waals surface area contributed by atoms with Gasteiger partial charge in [0, 0.05) is 32.6 Å². The third-order valence-corrected chi connectivity index (χ3v) is 2.98. The second-order valence-corrected chi connectivity index (χ2v) is 4.03. The molecule has 0 aromatic carbocycles. The van der Waals surface area contributed by atoms with Gasteiger partial charge in [0.25, 0.3) is 0 Å². The van der Waals surface area contributed by atoms with Crippen molar-refractivity contribution in [3.8, 4) is 0 Å². The molecule has 4 heteroatoms. The smallest absolute Gasteiger partial charge is 0.319 e. The lowest BCUT2D eigenvalue weighted by molar-refractivity contribution is 0.126. The summed E-state index contributed by atoms with van der Waals surface area (Å²) in [5, 5.41) is 9.40. The second-order valence-electron chi connectivity index (χ2n) is 4.03. The van der Waals surface area contributed by atoms with Crippen LogP contribution in [-0.4, -0.2) is 53.7 Å². The molecule has 0 radical (unpaired) electrons. The summed E-state index contributed by atoms with van der Waals surface area (Å²) in [5.41, 5.74) is 0. The number of hydrogen-bond acceptors (Lipinski definition) is 2. The molecular weight excluding hydrogens is 180 g/mol. The van der Waals surface area contributed by atoms with Crippen LogP contribution >= 0.6 is 0 Å². The number of likely N-dealkylation sites (tertiary alicyclic amines) is 1. The van der Waals surface area contributed by atoms with Crippen LogP contribution in [0.15, 0.2) is 0 Å². The fourth-order valence-corrected chi connectivity index (χ4v) is 1.73. The van der Waals surface area contributed by atoms with Crippen LogP contribution < -0.4 is 0 Å². The first-order valence-electron chi connectivity index (χ1n) is 5.24. The molecule has 1 heterocycles. The first kappa shape index (κ1) is 11.3. The number of nitrogens with zero attached hydrogens (tertiary/aromatic N) is 2. The molecule has 4 nitrogen and oxygen atoms in total. The van der Waals surface area contributed by atoms with Crippen LogP contribution in [0.4, 0.5) is 4.79 Å². The van der Waals surface area contributed by atoms with Crippen molar-refractivity contribution in [3.05, 3.63) is 0 Å². The third-order valence-electron chi connectivity index (χ3n) is 2.98. The van der Waals surface area contributed by atoms with Gasteiger partial charge in [0.15, 0.2) is 0 Å².